The summed E-state index contributed by atoms with van der Waals surface area (Å²) in [5.41, 5.74) is -0.577. The summed E-state index contributed by atoms with van der Waals surface area (Å²) in [5, 5.41) is 2.76. The number of hydrogen-bond acceptors (Lipinski definition) is 3. The number of nitrogens with zero attached hydrogens (tertiary/aromatic N) is 1. The number of halogens is 3. The molecule has 1 amide bonds. The summed E-state index contributed by atoms with van der Waals surface area (Å²) < 4.78 is 44.4. The number of allylic oxidation sites excluding steroid dienone is 1. The zero-order valence-electron chi connectivity index (χ0n) is 13.8. The van der Waals surface area contributed by atoms with Gasteiger partial charge in [0.15, 0.2) is 0 Å². The van der Waals surface area contributed by atoms with Crippen molar-refractivity contribution in [1.29, 1.82) is 0 Å². The molecule has 0 spiro atoms. The molecule has 0 radical (unpaired) electrons. The van der Waals surface area contributed by atoms with Gasteiger partial charge in [0.2, 0.25) is 0 Å². The van der Waals surface area contributed by atoms with E-state index in [4.69, 9.17) is 4.74 Å². The Morgan fingerprint density at radius 3 is 2.57 bits per heavy atom. The highest BCUT2D eigenvalue weighted by Gasteiger charge is 2.39. The van der Waals surface area contributed by atoms with E-state index in [1.165, 1.54) is 13.0 Å². The summed E-state index contributed by atoms with van der Waals surface area (Å²) in [5.74, 6) is -0.111. The number of rotatable bonds is 1. The van der Waals surface area contributed by atoms with Gasteiger partial charge in [0, 0.05) is 25.2 Å². The topological polar surface area (TPSA) is 41.6 Å². The first-order valence-corrected chi connectivity index (χ1v) is 7.70. The summed E-state index contributed by atoms with van der Waals surface area (Å²) in [6, 6.07) is -0.762. The maximum atomic E-state index is 13.0. The number of carbonyl (C=O) groups excluding carboxylic acids is 1. The smallest absolute Gasteiger partial charge is 0.414 e. The highest BCUT2D eigenvalue weighted by molar-refractivity contribution is 5.68. The molecular weight excluding hydrogens is 309 g/mol. The molecule has 0 aromatic heterocycles. The van der Waals surface area contributed by atoms with Crippen LogP contribution in [-0.2, 0) is 4.74 Å². The van der Waals surface area contributed by atoms with Gasteiger partial charge < -0.3 is 15.0 Å². The van der Waals surface area contributed by atoms with Crippen LogP contribution in [0.15, 0.2) is 23.4 Å². The fourth-order valence-corrected chi connectivity index (χ4v) is 2.74. The van der Waals surface area contributed by atoms with Crippen LogP contribution in [0.4, 0.5) is 18.0 Å². The van der Waals surface area contributed by atoms with Gasteiger partial charge in [-0.15, -0.1) is 0 Å². The average molecular weight is 332 g/mol. The van der Waals surface area contributed by atoms with E-state index in [-0.39, 0.29) is 5.92 Å². The summed E-state index contributed by atoms with van der Waals surface area (Å²) in [6.07, 6.45) is -1.30. The Morgan fingerprint density at radius 1 is 1.35 bits per heavy atom. The van der Waals surface area contributed by atoms with Crippen molar-refractivity contribution < 1.29 is 22.7 Å². The molecule has 130 valence electrons. The summed E-state index contributed by atoms with van der Waals surface area (Å²) in [6.45, 7) is 7.69. The molecule has 1 fully saturated rings. The first-order chi connectivity index (χ1) is 10.5. The maximum absolute atomic E-state index is 13.0. The number of hydrogen-bond donors (Lipinski definition) is 1. The molecular formula is C16H23F3N2O2. The van der Waals surface area contributed by atoms with Crippen molar-refractivity contribution in [1.82, 2.24) is 10.2 Å². The van der Waals surface area contributed by atoms with Crippen LogP contribution in [0, 0.1) is 5.92 Å². The highest BCUT2D eigenvalue weighted by Crippen LogP contribution is 2.34. The van der Waals surface area contributed by atoms with Crippen molar-refractivity contribution in [3.8, 4) is 0 Å². The maximum Gasteiger partial charge on any atom is 0.414 e. The fraction of sp³-hybridized carbons (Fsp3) is 0.688. The number of amides is 1. The predicted molar refractivity (Wildman–Crippen MR) is 80.7 cm³/mol. The molecule has 7 heteroatoms. The molecule has 0 aromatic carbocycles. The second-order valence-electron chi connectivity index (χ2n) is 7.04. The third-order valence-electron chi connectivity index (χ3n) is 3.93. The Balaban J connectivity index is 2.05. The minimum absolute atomic E-state index is 0.111. The predicted octanol–water partition coefficient (Wildman–Crippen LogP) is 3.61. The lowest BCUT2D eigenvalue weighted by atomic mass is 9.92. The van der Waals surface area contributed by atoms with Crippen molar-refractivity contribution in [2.45, 2.75) is 51.9 Å². The molecule has 2 rings (SSSR count). The van der Waals surface area contributed by atoms with Gasteiger partial charge in [-0.3, -0.25) is 0 Å². The van der Waals surface area contributed by atoms with Crippen molar-refractivity contribution in [2.24, 2.45) is 5.92 Å². The van der Waals surface area contributed by atoms with Gasteiger partial charge in [-0.05, 0) is 45.8 Å². The lowest BCUT2D eigenvalue weighted by Crippen LogP contribution is -2.36. The second kappa shape index (κ2) is 6.09. The molecule has 2 unspecified atom stereocenters. The van der Waals surface area contributed by atoms with Crippen LogP contribution in [0.3, 0.4) is 0 Å². The summed E-state index contributed by atoms with van der Waals surface area (Å²) >= 11 is 0. The molecule has 0 saturated carbocycles. The summed E-state index contributed by atoms with van der Waals surface area (Å²) in [4.78, 5) is 13.6. The monoisotopic (exact) mass is 332 g/mol. The van der Waals surface area contributed by atoms with Gasteiger partial charge >= 0.3 is 12.3 Å². The minimum atomic E-state index is -4.35. The van der Waals surface area contributed by atoms with Crippen LogP contribution in [0.25, 0.3) is 0 Å². The van der Waals surface area contributed by atoms with E-state index in [0.717, 1.165) is 0 Å². The molecule has 2 atom stereocenters. The first kappa shape index (κ1) is 17.7. The number of carbonyl (C=O) groups is 1. The van der Waals surface area contributed by atoms with Gasteiger partial charge in [-0.2, -0.15) is 13.2 Å². The molecule has 2 heterocycles. The van der Waals surface area contributed by atoms with Gasteiger partial charge in [0.05, 0.1) is 11.6 Å². The quantitative estimate of drug-likeness (QED) is 0.797. The molecule has 2 aliphatic rings. The number of nitrogens with one attached hydrogen (secondary N) is 1. The molecule has 0 aliphatic carbocycles. The van der Waals surface area contributed by atoms with Crippen molar-refractivity contribution in [3.05, 3.63) is 23.4 Å². The fourth-order valence-electron chi connectivity index (χ4n) is 2.74. The summed E-state index contributed by atoms with van der Waals surface area (Å²) in [7, 11) is 0. The normalized spacial score (nSPS) is 25.6. The Hall–Kier alpha value is -1.66. The Morgan fingerprint density at radius 2 is 2.00 bits per heavy atom. The van der Waals surface area contributed by atoms with Crippen LogP contribution < -0.4 is 5.32 Å². The third-order valence-corrected chi connectivity index (χ3v) is 3.93. The zero-order valence-corrected chi connectivity index (χ0v) is 13.8. The van der Waals surface area contributed by atoms with Crippen LogP contribution in [0.1, 0.15) is 34.1 Å². The standard InChI is InChI=1S/C16H23F3N2O2/c1-10-13(16(17,18)19)7-12(8-20-10)11-5-6-21(9-11)14(22)23-15(2,3)4/h7-8,10-11,20H,5-6,9H2,1-4H3. The van der Waals surface area contributed by atoms with Crippen molar-refractivity contribution >= 4 is 6.09 Å². The van der Waals surface area contributed by atoms with Gasteiger partial charge in [-0.25, -0.2) is 4.79 Å². The van der Waals surface area contributed by atoms with Crippen LogP contribution in [-0.4, -0.2) is 41.9 Å². The second-order valence-corrected chi connectivity index (χ2v) is 7.04. The zero-order chi connectivity index (χ0) is 17.4. The van der Waals surface area contributed by atoms with Gasteiger partial charge in [-0.1, -0.05) is 0 Å². The Labute approximate surface area is 134 Å². The number of alkyl halides is 3. The van der Waals surface area contributed by atoms with Crippen LogP contribution >= 0.6 is 0 Å². The Bertz CT molecular complexity index is 532. The molecule has 4 nitrogen and oxygen atoms in total. The van der Waals surface area contributed by atoms with Crippen LogP contribution in [0.2, 0.25) is 0 Å². The largest absolute Gasteiger partial charge is 0.444 e. The lowest BCUT2D eigenvalue weighted by Gasteiger charge is -2.27. The van der Waals surface area contributed by atoms with E-state index in [1.807, 2.05) is 0 Å². The molecule has 1 saturated heterocycles. The van der Waals surface area contributed by atoms with E-state index in [2.05, 4.69) is 5.32 Å². The number of likely N-dealkylation sites (tertiary alicyclic amines) is 1. The minimum Gasteiger partial charge on any atom is -0.444 e. The van der Waals surface area contributed by atoms with Crippen LogP contribution in [0.5, 0.6) is 0 Å². The van der Waals surface area contributed by atoms with Gasteiger partial charge in [0.1, 0.15) is 5.60 Å². The number of dihydropyridines is 1. The molecule has 0 bridgehead atoms. The lowest BCUT2D eigenvalue weighted by molar-refractivity contribution is -0.0961. The third kappa shape index (κ3) is 4.42. The SMILES string of the molecule is CC1NC=C(C2CCN(C(=O)OC(C)(C)C)C2)C=C1C(F)(F)F. The number of ether oxygens (including phenoxy) is 1. The molecule has 0 aromatic rings. The molecule has 2 aliphatic heterocycles. The van der Waals surface area contributed by atoms with Crippen molar-refractivity contribution in [2.75, 3.05) is 13.1 Å². The molecule has 23 heavy (non-hydrogen) atoms. The Kier molecular flexibility index (Phi) is 4.69. The average Bonchev–Trinajstić information content (AvgIpc) is 2.85. The van der Waals surface area contributed by atoms with E-state index in [9.17, 15) is 18.0 Å². The van der Waals surface area contributed by atoms with E-state index < -0.39 is 29.5 Å². The van der Waals surface area contributed by atoms with E-state index in [1.54, 1.807) is 31.9 Å². The highest BCUT2D eigenvalue weighted by atomic mass is 19.4. The van der Waals surface area contributed by atoms with Crippen molar-refractivity contribution in [3.63, 3.8) is 0 Å². The first-order valence-electron chi connectivity index (χ1n) is 7.70. The van der Waals surface area contributed by atoms with E-state index in [0.29, 0.717) is 25.1 Å². The molecule has 1 N–H and O–H groups in total. The van der Waals surface area contributed by atoms with E-state index >= 15 is 0 Å². The van der Waals surface area contributed by atoms with Gasteiger partial charge in [0.25, 0.3) is 0 Å².